The smallest absolute Gasteiger partial charge is 0.172 e. The van der Waals surface area contributed by atoms with Gasteiger partial charge in [-0.15, -0.1) is 0 Å². The van der Waals surface area contributed by atoms with E-state index >= 15 is 0 Å². The molecule has 1 saturated carbocycles. The molecule has 3 heterocycles. The summed E-state index contributed by atoms with van der Waals surface area (Å²) in [6, 6.07) is 4.95. The molecule has 3 aromatic rings. The summed E-state index contributed by atoms with van der Waals surface area (Å²) in [6.07, 6.45) is 7.03. The molecule has 1 N–H and O–H groups in total. The maximum atomic E-state index is 14.0. The van der Waals surface area contributed by atoms with Crippen molar-refractivity contribution in [2.75, 3.05) is 23.3 Å². The van der Waals surface area contributed by atoms with Gasteiger partial charge in [0, 0.05) is 37.0 Å². The van der Waals surface area contributed by atoms with Crippen LogP contribution in [0.2, 0.25) is 5.02 Å². The second-order valence-electron chi connectivity index (χ2n) is 7.45. The van der Waals surface area contributed by atoms with Crippen LogP contribution in [-0.4, -0.2) is 45.4 Å². The third-order valence-corrected chi connectivity index (χ3v) is 5.44. The molecule has 0 spiro atoms. The highest BCUT2D eigenvalue weighted by molar-refractivity contribution is 6.30. The first-order chi connectivity index (χ1) is 14.2. The molecule has 2 aliphatic rings. The van der Waals surface area contributed by atoms with E-state index in [0.29, 0.717) is 11.1 Å². The first-order valence-electron chi connectivity index (χ1n) is 9.77. The molecule has 0 unspecified atom stereocenters. The van der Waals surface area contributed by atoms with Gasteiger partial charge in [0.15, 0.2) is 23.2 Å². The van der Waals surface area contributed by atoms with Crippen molar-refractivity contribution < 1.29 is 9.13 Å². The fourth-order valence-electron chi connectivity index (χ4n) is 3.49. The normalized spacial score (nSPS) is 17.5. The Morgan fingerprint density at radius 2 is 1.76 bits per heavy atom. The lowest BCUT2D eigenvalue weighted by Gasteiger charge is -2.33. The highest BCUT2D eigenvalue weighted by Gasteiger charge is 2.28. The van der Waals surface area contributed by atoms with Crippen LogP contribution in [0.4, 0.5) is 16.0 Å². The number of ether oxygens (including phenoxy) is 1. The molecular formula is C20H20ClFN6O. The second-order valence-corrected chi connectivity index (χ2v) is 7.89. The van der Waals surface area contributed by atoms with Crippen molar-refractivity contribution in [2.45, 2.75) is 37.8 Å². The van der Waals surface area contributed by atoms with Gasteiger partial charge in [0.2, 0.25) is 0 Å². The van der Waals surface area contributed by atoms with Crippen LogP contribution in [0.3, 0.4) is 0 Å². The molecule has 0 atom stereocenters. The molecule has 29 heavy (non-hydrogen) atoms. The summed E-state index contributed by atoms with van der Waals surface area (Å²) >= 11 is 5.81. The van der Waals surface area contributed by atoms with Crippen molar-refractivity contribution in [3.8, 4) is 5.75 Å². The van der Waals surface area contributed by atoms with Crippen molar-refractivity contribution in [1.29, 1.82) is 0 Å². The molecule has 1 aliphatic heterocycles. The number of anilines is 2. The standard InChI is InChI=1S/C20H20ClFN6O/c21-12-1-4-18(15(22)9-12)29-14-5-7-28(8-6-14)20-19(25-13-2-3-13)26-16-10-23-24-11-17(16)27-20/h1,4,9-11,13-14H,2-3,5-8H2,(H,25,26). The molecule has 1 aliphatic carbocycles. The van der Waals surface area contributed by atoms with Crippen molar-refractivity contribution in [3.63, 3.8) is 0 Å². The van der Waals surface area contributed by atoms with Crippen LogP contribution in [0.25, 0.3) is 11.0 Å². The third-order valence-electron chi connectivity index (χ3n) is 5.21. The number of fused-ring (bicyclic) bond motifs is 1. The molecule has 150 valence electrons. The van der Waals surface area contributed by atoms with Crippen LogP contribution < -0.4 is 15.0 Å². The number of halogens is 2. The Balaban J connectivity index is 1.32. The number of nitrogens with one attached hydrogen (secondary N) is 1. The number of aromatic nitrogens is 4. The summed E-state index contributed by atoms with van der Waals surface area (Å²) in [6.45, 7) is 1.50. The van der Waals surface area contributed by atoms with Gasteiger partial charge in [-0.2, -0.15) is 10.2 Å². The van der Waals surface area contributed by atoms with Crippen LogP contribution in [-0.2, 0) is 0 Å². The summed E-state index contributed by atoms with van der Waals surface area (Å²) in [5.41, 5.74) is 1.45. The largest absolute Gasteiger partial charge is 0.487 e. The Hall–Kier alpha value is -2.74. The number of benzene rings is 1. The molecule has 2 aromatic heterocycles. The summed E-state index contributed by atoms with van der Waals surface area (Å²) in [7, 11) is 0. The molecule has 9 heteroatoms. The van der Waals surface area contributed by atoms with Crippen molar-refractivity contribution >= 4 is 34.3 Å². The van der Waals surface area contributed by atoms with Crippen molar-refractivity contribution in [2.24, 2.45) is 0 Å². The fraction of sp³-hybridized carbons (Fsp3) is 0.400. The quantitative estimate of drug-likeness (QED) is 0.679. The molecule has 1 aromatic carbocycles. The van der Waals surface area contributed by atoms with E-state index in [1.165, 1.54) is 6.07 Å². The van der Waals surface area contributed by atoms with E-state index in [-0.39, 0.29) is 11.9 Å². The maximum Gasteiger partial charge on any atom is 0.172 e. The predicted molar refractivity (Wildman–Crippen MR) is 109 cm³/mol. The lowest BCUT2D eigenvalue weighted by Crippen LogP contribution is -2.39. The van der Waals surface area contributed by atoms with E-state index in [1.807, 2.05) is 0 Å². The average molecular weight is 415 g/mol. The van der Waals surface area contributed by atoms with Crippen LogP contribution >= 0.6 is 11.6 Å². The monoisotopic (exact) mass is 414 g/mol. The van der Waals surface area contributed by atoms with E-state index in [0.717, 1.165) is 61.4 Å². The molecule has 0 amide bonds. The average Bonchev–Trinajstić information content (AvgIpc) is 3.54. The van der Waals surface area contributed by atoms with Crippen molar-refractivity contribution in [3.05, 3.63) is 41.4 Å². The summed E-state index contributed by atoms with van der Waals surface area (Å²) in [4.78, 5) is 11.7. The Morgan fingerprint density at radius 3 is 2.45 bits per heavy atom. The predicted octanol–water partition coefficient (Wildman–Crippen LogP) is 3.83. The highest BCUT2D eigenvalue weighted by Crippen LogP contribution is 2.32. The third kappa shape index (κ3) is 4.03. The number of piperidine rings is 1. The van der Waals surface area contributed by atoms with Crippen LogP contribution in [0.15, 0.2) is 30.6 Å². The van der Waals surface area contributed by atoms with E-state index in [4.69, 9.17) is 26.3 Å². The summed E-state index contributed by atoms with van der Waals surface area (Å²) in [5, 5.41) is 11.7. The highest BCUT2D eigenvalue weighted by atomic mass is 35.5. The molecule has 0 bridgehead atoms. The van der Waals surface area contributed by atoms with Gasteiger partial charge in [-0.1, -0.05) is 11.6 Å². The maximum absolute atomic E-state index is 14.0. The minimum absolute atomic E-state index is 0.0546. The summed E-state index contributed by atoms with van der Waals surface area (Å²) in [5.74, 6) is 1.43. The zero-order chi connectivity index (χ0) is 19.8. The Kier molecular flexibility index (Phi) is 4.79. The molecular weight excluding hydrogens is 395 g/mol. The Morgan fingerprint density at radius 1 is 1.03 bits per heavy atom. The molecule has 7 nitrogen and oxygen atoms in total. The first-order valence-corrected chi connectivity index (χ1v) is 10.1. The van der Waals surface area contributed by atoms with Gasteiger partial charge >= 0.3 is 0 Å². The molecule has 5 rings (SSSR count). The number of hydrogen-bond acceptors (Lipinski definition) is 7. The summed E-state index contributed by atoms with van der Waals surface area (Å²) < 4.78 is 19.9. The number of rotatable bonds is 5. The van der Waals surface area contributed by atoms with E-state index in [9.17, 15) is 4.39 Å². The molecule has 1 saturated heterocycles. The topological polar surface area (TPSA) is 76.1 Å². The van der Waals surface area contributed by atoms with Gasteiger partial charge in [-0.05, 0) is 31.0 Å². The van der Waals surface area contributed by atoms with E-state index in [1.54, 1.807) is 24.5 Å². The first kappa shape index (κ1) is 18.3. The lowest BCUT2D eigenvalue weighted by molar-refractivity contribution is 0.163. The SMILES string of the molecule is Fc1cc(Cl)ccc1OC1CCN(c2nc3cnncc3nc2NC2CC2)CC1. The van der Waals surface area contributed by atoms with E-state index in [2.05, 4.69) is 20.4 Å². The zero-order valence-corrected chi connectivity index (χ0v) is 16.4. The number of hydrogen-bond donors (Lipinski definition) is 1. The fourth-order valence-corrected chi connectivity index (χ4v) is 3.65. The van der Waals surface area contributed by atoms with Crippen molar-refractivity contribution in [1.82, 2.24) is 20.2 Å². The van der Waals surface area contributed by atoms with Gasteiger partial charge in [-0.3, -0.25) is 0 Å². The van der Waals surface area contributed by atoms with Crippen LogP contribution in [0.5, 0.6) is 5.75 Å². The van der Waals surface area contributed by atoms with Crippen LogP contribution in [0.1, 0.15) is 25.7 Å². The lowest BCUT2D eigenvalue weighted by atomic mass is 10.1. The van der Waals surface area contributed by atoms with E-state index < -0.39 is 5.82 Å². The van der Waals surface area contributed by atoms with Gasteiger partial charge in [0.1, 0.15) is 17.1 Å². The Labute approximate surface area is 172 Å². The molecule has 0 radical (unpaired) electrons. The second kappa shape index (κ2) is 7.59. The number of nitrogens with zero attached hydrogens (tertiary/aromatic N) is 5. The molecule has 2 fully saturated rings. The zero-order valence-electron chi connectivity index (χ0n) is 15.7. The van der Waals surface area contributed by atoms with Crippen LogP contribution in [0, 0.1) is 5.82 Å². The van der Waals surface area contributed by atoms with Gasteiger partial charge < -0.3 is 15.0 Å². The van der Waals surface area contributed by atoms with Gasteiger partial charge in [-0.25, -0.2) is 14.4 Å². The van der Waals surface area contributed by atoms with Gasteiger partial charge in [0.05, 0.1) is 12.4 Å². The minimum Gasteiger partial charge on any atom is -0.487 e. The Bertz CT molecular complexity index is 1040. The minimum atomic E-state index is -0.433. The van der Waals surface area contributed by atoms with Gasteiger partial charge in [0.25, 0.3) is 0 Å².